The van der Waals surface area contributed by atoms with E-state index in [0.29, 0.717) is 0 Å². The van der Waals surface area contributed by atoms with Crippen LogP contribution in [-0.4, -0.2) is 12.6 Å². The van der Waals surface area contributed by atoms with E-state index >= 15 is 0 Å². The summed E-state index contributed by atoms with van der Waals surface area (Å²) in [6.07, 6.45) is 5.15. The van der Waals surface area contributed by atoms with Crippen molar-refractivity contribution in [2.75, 3.05) is 6.54 Å². The van der Waals surface area contributed by atoms with E-state index in [4.69, 9.17) is 0 Å². The van der Waals surface area contributed by atoms with Crippen LogP contribution in [0.3, 0.4) is 0 Å². The van der Waals surface area contributed by atoms with Gasteiger partial charge in [-0.2, -0.15) is 0 Å². The van der Waals surface area contributed by atoms with Crippen LogP contribution in [0.5, 0.6) is 0 Å². The molecule has 86 valence electrons. The fourth-order valence-electron chi connectivity index (χ4n) is 2.19. The number of hydrogen-bond acceptors (Lipinski definition) is 1. The molecule has 0 spiro atoms. The van der Waals surface area contributed by atoms with Crippen molar-refractivity contribution in [1.29, 1.82) is 0 Å². The van der Waals surface area contributed by atoms with Crippen molar-refractivity contribution < 1.29 is 0 Å². The fraction of sp³-hybridized carbons (Fsp3) is 1.00. The molecule has 0 radical (unpaired) electrons. The number of nitrogens with one attached hydrogen (secondary N) is 1. The predicted octanol–water partition coefficient (Wildman–Crippen LogP) is 3.84. The predicted molar refractivity (Wildman–Crippen MR) is 65.6 cm³/mol. The summed E-state index contributed by atoms with van der Waals surface area (Å²) >= 11 is 0. The van der Waals surface area contributed by atoms with Crippen LogP contribution in [0.15, 0.2) is 0 Å². The first-order valence-electron chi connectivity index (χ1n) is 6.44. The largest absolute Gasteiger partial charge is 0.313 e. The molecule has 1 heteroatoms. The van der Waals surface area contributed by atoms with Gasteiger partial charge in [0.25, 0.3) is 0 Å². The Morgan fingerprint density at radius 3 is 1.86 bits per heavy atom. The molecular weight excluding hydrogens is 170 g/mol. The zero-order valence-corrected chi connectivity index (χ0v) is 10.8. The van der Waals surface area contributed by atoms with Crippen LogP contribution in [0, 0.1) is 11.8 Å². The highest BCUT2D eigenvalue weighted by atomic mass is 14.9. The minimum absolute atomic E-state index is 0.731. The standard InChI is InChI=1S/C13H29N/c1-6-10-14-13(11(5)7-2)12(8-3)9-4/h11-14H,6-10H2,1-5H3. The van der Waals surface area contributed by atoms with Gasteiger partial charge in [-0.15, -0.1) is 0 Å². The summed E-state index contributed by atoms with van der Waals surface area (Å²) < 4.78 is 0. The van der Waals surface area contributed by atoms with Crippen molar-refractivity contribution in [2.24, 2.45) is 11.8 Å². The third-order valence-electron chi connectivity index (χ3n) is 3.44. The molecule has 0 bridgehead atoms. The first-order chi connectivity index (χ1) is 6.71. The first-order valence-corrected chi connectivity index (χ1v) is 6.44. The average molecular weight is 199 g/mol. The summed E-state index contributed by atoms with van der Waals surface area (Å²) in [5, 5.41) is 3.72. The molecule has 0 aliphatic heterocycles. The summed E-state index contributed by atoms with van der Waals surface area (Å²) in [7, 11) is 0. The Morgan fingerprint density at radius 1 is 0.929 bits per heavy atom. The molecule has 14 heavy (non-hydrogen) atoms. The van der Waals surface area contributed by atoms with Crippen molar-refractivity contribution in [3.05, 3.63) is 0 Å². The van der Waals surface area contributed by atoms with E-state index in [9.17, 15) is 0 Å². The summed E-state index contributed by atoms with van der Waals surface area (Å²) in [5.74, 6) is 1.67. The maximum absolute atomic E-state index is 3.72. The summed E-state index contributed by atoms with van der Waals surface area (Å²) in [4.78, 5) is 0. The first kappa shape index (κ1) is 14.0. The van der Waals surface area contributed by atoms with Gasteiger partial charge in [0.15, 0.2) is 0 Å². The van der Waals surface area contributed by atoms with Gasteiger partial charge >= 0.3 is 0 Å². The van der Waals surface area contributed by atoms with E-state index in [1.165, 1.54) is 32.2 Å². The minimum atomic E-state index is 0.731. The molecule has 0 heterocycles. The molecular formula is C13H29N. The van der Waals surface area contributed by atoms with Gasteiger partial charge in [0.05, 0.1) is 0 Å². The fourth-order valence-corrected chi connectivity index (χ4v) is 2.19. The SMILES string of the molecule is CCCNC(C(C)CC)C(CC)CC. The second-order valence-electron chi connectivity index (χ2n) is 4.44. The maximum Gasteiger partial charge on any atom is 0.0121 e. The van der Waals surface area contributed by atoms with Crippen LogP contribution in [0.4, 0.5) is 0 Å². The Kier molecular flexibility index (Phi) is 8.26. The van der Waals surface area contributed by atoms with Crippen molar-refractivity contribution in [2.45, 2.75) is 66.3 Å². The van der Waals surface area contributed by atoms with Gasteiger partial charge in [-0.05, 0) is 24.8 Å². The molecule has 0 aromatic rings. The summed E-state index contributed by atoms with van der Waals surface area (Å²) in [6.45, 7) is 12.7. The molecule has 1 N–H and O–H groups in total. The Labute approximate surface area is 90.7 Å². The smallest absolute Gasteiger partial charge is 0.0121 e. The molecule has 0 aromatic heterocycles. The molecule has 0 saturated heterocycles. The van der Waals surface area contributed by atoms with Crippen LogP contribution in [0.1, 0.15) is 60.3 Å². The van der Waals surface area contributed by atoms with Crippen LogP contribution < -0.4 is 5.32 Å². The lowest BCUT2D eigenvalue weighted by Crippen LogP contribution is -2.41. The van der Waals surface area contributed by atoms with Crippen LogP contribution in [0.2, 0.25) is 0 Å². The molecule has 0 rings (SSSR count). The van der Waals surface area contributed by atoms with Crippen LogP contribution >= 0.6 is 0 Å². The van der Waals surface area contributed by atoms with Crippen LogP contribution in [-0.2, 0) is 0 Å². The Hall–Kier alpha value is -0.0400. The zero-order chi connectivity index (χ0) is 11.0. The maximum atomic E-state index is 3.72. The van der Waals surface area contributed by atoms with Crippen molar-refractivity contribution in [3.63, 3.8) is 0 Å². The quantitative estimate of drug-likeness (QED) is 0.626. The number of hydrogen-bond donors (Lipinski definition) is 1. The van der Waals surface area contributed by atoms with E-state index in [-0.39, 0.29) is 0 Å². The molecule has 0 fully saturated rings. The third kappa shape index (κ3) is 4.45. The second kappa shape index (κ2) is 8.28. The molecule has 0 aliphatic rings. The Balaban J connectivity index is 4.19. The molecule has 2 atom stereocenters. The van der Waals surface area contributed by atoms with Gasteiger partial charge in [-0.3, -0.25) is 0 Å². The van der Waals surface area contributed by atoms with E-state index in [1.54, 1.807) is 0 Å². The van der Waals surface area contributed by atoms with Crippen molar-refractivity contribution in [1.82, 2.24) is 5.32 Å². The second-order valence-corrected chi connectivity index (χ2v) is 4.44. The minimum Gasteiger partial charge on any atom is -0.313 e. The molecule has 0 aromatic carbocycles. The highest BCUT2D eigenvalue weighted by molar-refractivity contribution is 4.79. The average Bonchev–Trinajstić information content (AvgIpc) is 2.23. The van der Waals surface area contributed by atoms with Gasteiger partial charge in [0.2, 0.25) is 0 Å². The molecule has 1 nitrogen and oxygen atoms in total. The highest BCUT2D eigenvalue weighted by Crippen LogP contribution is 2.21. The Morgan fingerprint density at radius 2 is 1.50 bits per heavy atom. The lowest BCUT2D eigenvalue weighted by molar-refractivity contribution is 0.251. The zero-order valence-electron chi connectivity index (χ0n) is 10.8. The van der Waals surface area contributed by atoms with Crippen LogP contribution in [0.25, 0.3) is 0 Å². The van der Waals surface area contributed by atoms with E-state index < -0.39 is 0 Å². The molecule has 0 amide bonds. The Bertz CT molecular complexity index is 118. The van der Waals surface area contributed by atoms with Gasteiger partial charge in [0, 0.05) is 6.04 Å². The van der Waals surface area contributed by atoms with Gasteiger partial charge < -0.3 is 5.32 Å². The molecule has 0 aliphatic carbocycles. The molecule has 0 saturated carbocycles. The lowest BCUT2D eigenvalue weighted by atomic mass is 9.84. The van der Waals surface area contributed by atoms with Crippen molar-refractivity contribution in [3.8, 4) is 0 Å². The lowest BCUT2D eigenvalue weighted by Gasteiger charge is -2.31. The normalized spacial score (nSPS) is 15.9. The van der Waals surface area contributed by atoms with Gasteiger partial charge in [0.1, 0.15) is 0 Å². The monoisotopic (exact) mass is 199 g/mol. The topological polar surface area (TPSA) is 12.0 Å². The third-order valence-corrected chi connectivity index (χ3v) is 3.44. The number of rotatable bonds is 8. The van der Waals surface area contributed by atoms with E-state index in [0.717, 1.165) is 17.9 Å². The van der Waals surface area contributed by atoms with Gasteiger partial charge in [-0.1, -0.05) is 53.9 Å². The summed E-state index contributed by atoms with van der Waals surface area (Å²) in [5.41, 5.74) is 0. The summed E-state index contributed by atoms with van der Waals surface area (Å²) in [6, 6.07) is 0.731. The highest BCUT2D eigenvalue weighted by Gasteiger charge is 2.22. The van der Waals surface area contributed by atoms with E-state index in [2.05, 4.69) is 39.9 Å². The molecule has 2 unspecified atom stereocenters. The van der Waals surface area contributed by atoms with E-state index in [1.807, 2.05) is 0 Å². The van der Waals surface area contributed by atoms with Crippen molar-refractivity contribution >= 4 is 0 Å². The van der Waals surface area contributed by atoms with Gasteiger partial charge in [-0.25, -0.2) is 0 Å².